The van der Waals surface area contributed by atoms with E-state index in [9.17, 15) is 0 Å². The Kier molecular flexibility index (Phi) is 1.31. The predicted molar refractivity (Wildman–Crippen MR) is 33.8 cm³/mol. The fraction of sp³-hybridized carbons (Fsp3) is 0. The lowest BCUT2D eigenvalue weighted by Gasteiger charge is -2.07. The Morgan fingerprint density at radius 1 is 1.71 bits per heavy atom. The third-order valence-electron chi connectivity index (χ3n) is 0.621. The Bertz CT molecular complexity index is 112. The molecule has 0 aromatic heterocycles. The quantitative estimate of drug-likeness (QED) is 0.327. The largest absolute Gasteiger partial charge is 0.405 e. The van der Waals surface area contributed by atoms with Crippen LogP contribution in [0.25, 0.3) is 0 Å². The fourth-order valence-electron chi connectivity index (χ4n) is 0.337. The Morgan fingerprint density at radius 2 is 2.57 bits per heavy atom. The summed E-state index contributed by atoms with van der Waals surface area (Å²) in [5.41, 5.74) is 0. The van der Waals surface area contributed by atoms with Gasteiger partial charge < -0.3 is 10.5 Å². The van der Waals surface area contributed by atoms with Crippen LogP contribution in [0.5, 0.6) is 0 Å². The maximum absolute atomic E-state index is 4.70. The van der Waals surface area contributed by atoms with Gasteiger partial charge in [0.05, 0.1) is 0 Å². The van der Waals surface area contributed by atoms with Crippen LogP contribution in [-0.4, -0.2) is 12.5 Å². The molecule has 0 saturated heterocycles. The van der Waals surface area contributed by atoms with Gasteiger partial charge in [-0.15, -0.1) is 0 Å². The van der Waals surface area contributed by atoms with E-state index in [0.29, 0.717) is 5.11 Å². The molecule has 7 heavy (non-hydrogen) atoms. The summed E-state index contributed by atoms with van der Waals surface area (Å²) in [6.07, 6.45) is 1.78. The van der Waals surface area contributed by atoms with Crippen molar-refractivity contribution in [2.45, 2.75) is 0 Å². The van der Waals surface area contributed by atoms with Crippen LogP contribution in [-0.2, 0) is 0 Å². The molecule has 0 unspecified atom stereocenters. The zero-order valence-corrected chi connectivity index (χ0v) is 4.46. The Hall–Kier alpha value is -0.505. The average Bonchev–Trinajstić information content (AvgIpc) is 1.69. The first-order valence-electron chi connectivity index (χ1n) is 1.95. The highest BCUT2D eigenvalue weighted by molar-refractivity contribution is 7.80. The minimum absolute atomic E-state index is 0.655. The van der Waals surface area contributed by atoms with Gasteiger partial charge in [-0.3, -0.25) is 0 Å². The maximum atomic E-state index is 4.70. The van der Waals surface area contributed by atoms with Crippen LogP contribution in [0.15, 0.2) is 12.2 Å². The highest BCUT2D eigenvalue weighted by Crippen LogP contribution is 1.72. The third-order valence-corrected chi connectivity index (χ3v) is 0.857. The number of rotatable bonds is 0. The molecule has 0 bridgehead atoms. The van der Waals surface area contributed by atoms with E-state index in [-0.39, 0.29) is 0 Å². The van der Waals surface area contributed by atoms with Crippen LogP contribution in [0, 0.1) is 0 Å². The number of nitrogens with one attached hydrogen (secondary N) is 2. The lowest BCUT2D eigenvalue weighted by molar-refractivity contribution is 1.21. The van der Waals surface area contributed by atoms with E-state index in [2.05, 4.69) is 10.5 Å². The average molecular weight is 111 g/mol. The first-order chi connectivity index (χ1) is 3.39. The van der Waals surface area contributed by atoms with Crippen molar-refractivity contribution in [3.8, 4) is 0 Å². The summed E-state index contributed by atoms with van der Waals surface area (Å²) in [5.74, 6) is 1.84. The van der Waals surface area contributed by atoms with Gasteiger partial charge in [0.1, 0.15) is 0 Å². The molecule has 1 radical (unpaired) electrons. The molecule has 0 aromatic rings. The van der Waals surface area contributed by atoms with Crippen molar-refractivity contribution in [3.63, 3.8) is 0 Å². The van der Waals surface area contributed by atoms with Crippen molar-refractivity contribution in [1.29, 1.82) is 0 Å². The van der Waals surface area contributed by atoms with E-state index < -0.39 is 0 Å². The molecule has 2 nitrogen and oxygen atoms in total. The molecular weight excluding hydrogens is 107 g/mol. The fourth-order valence-corrected chi connectivity index (χ4v) is 0.473. The predicted octanol–water partition coefficient (Wildman–Crippen LogP) is -0.445. The molecule has 1 aliphatic heterocycles. The van der Waals surface area contributed by atoms with Crippen LogP contribution in [0.3, 0.4) is 0 Å². The molecule has 1 aliphatic rings. The molecule has 0 fully saturated rings. The second kappa shape index (κ2) is 1.98. The molecule has 4 heteroatoms. The Morgan fingerprint density at radius 3 is 2.86 bits per heavy atom. The third kappa shape index (κ3) is 1.19. The van der Waals surface area contributed by atoms with Crippen molar-refractivity contribution >= 4 is 24.7 Å². The summed E-state index contributed by atoms with van der Waals surface area (Å²) >= 11 is 4.70. The Labute approximate surface area is 48.2 Å². The van der Waals surface area contributed by atoms with Crippen LogP contribution in [0.1, 0.15) is 0 Å². The first-order valence-corrected chi connectivity index (χ1v) is 2.36. The second-order valence-corrected chi connectivity index (χ2v) is 1.55. The number of hydrogen-bond donors (Lipinski definition) is 2. The lowest BCUT2D eigenvalue weighted by atomic mass is 9.95. The number of hydrogen-bond acceptors (Lipinski definition) is 1. The van der Waals surface area contributed by atoms with Crippen LogP contribution in [0.4, 0.5) is 0 Å². The molecule has 1 heterocycles. The zero-order chi connectivity index (χ0) is 5.11. The second-order valence-electron chi connectivity index (χ2n) is 1.14. The SMILES string of the molecule is S=C1N[B]C=CN1. The molecule has 1 rings (SSSR count). The molecule has 0 atom stereocenters. The number of thiocarbonyl (C=S) groups is 1. The van der Waals surface area contributed by atoms with E-state index in [1.165, 1.54) is 0 Å². The Balaban J connectivity index is 2.47. The summed E-state index contributed by atoms with van der Waals surface area (Å²) in [6.45, 7) is 0. The van der Waals surface area contributed by atoms with Crippen LogP contribution < -0.4 is 10.5 Å². The molecule has 35 valence electrons. The standard InChI is InChI=1S/C3H4BN2S/c7-3-5-2-1-4-6-3/h1-2H,(H2,5,6,7). The van der Waals surface area contributed by atoms with E-state index in [4.69, 9.17) is 12.2 Å². The van der Waals surface area contributed by atoms with Crippen molar-refractivity contribution in [2.75, 3.05) is 0 Å². The van der Waals surface area contributed by atoms with Gasteiger partial charge in [-0.05, 0) is 18.4 Å². The summed E-state index contributed by atoms with van der Waals surface area (Å²) < 4.78 is 0. The highest BCUT2D eigenvalue weighted by Gasteiger charge is 1.93. The van der Waals surface area contributed by atoms with Crippen LogP contribution >= 0.6 is 12.2 Å². The minimum atomic E-state index is 0.655. The first kappa shape index (κ1) is 4.65. The van der Waals surface area contributed by atoms with Gasteiger partial charge in [-0.2, -0.15) is 0 Å². The molecular formula is C3H4BN2S. The van der Waals surface area contributed by atoms with Gasteiger partial charge >= 0.3 is 0 Å². The molecule has 0 aromatic carbocycles. The molecule has 2 N–H and O–H groups in total. The van der Waals surface area contributed by atoms with Gasteiger partial charge in [-0.25, -0.2) is 0 Å². The van der Waals surface area contributed by atoms with E-state index >= 15 is 0 Å². The van der Waals surface area contributed by atoms with Gasteiger partial charge in [0, 0.05) is 0 Å². The van der Waals surface area contributed by atoms with Crippen molar-refractivity contribution in [1.82, 2.24) is 10.5 Å². The smallest absolute Gasteiger partial charge is 0.277 e. The van der Waals surface area contributed by atoms with E-state index in [1.54, 1.807) is 13.6 Å². The lowest BCUT2D eigenvalue weighted by Crippen LogP contribution is -2.37. The van der Waals surface area contributed by atoms with E-state index in [1.807, 2.05) is 5.98 Å². The van der Waals surface area contributed by atoms with Crippen molar-refractivity contribution < 1.29 is 0 Å². The van der Waals surface area contributed by atoms with Crippen molar-refractivity contribution in [3.05, 3.63) is 12.2 Å². The van der Waals surface area contributed by atoms with Gasteiger partial charge in [0.15, 0.2) is 5.11 Å². The molecule has 0 saturated carbocycles. The molecule has 0 aliphatic carbocycles. The summed E-state index contributed by atoms with van der Waals surface area (Å²) in [5, 5.41) is 6.24. The minimum Gasteiger partial charge on any atom is -0.405 e. The molecule has 0 amide bonds. The molecule has 0 spiro atoms. The van der Waals surface area contributed by atoms with Gasteiger partial charge in [0.25, 0.3) is 7.41 Å². The maximum Gasteiger partial charge on any atom is 0.277 e. The van der Waals surface area contributed by atoms with Gasteiger partial charge in [0.2, 0.25) is 0 Å². The summed E-state index contributed by atoms with van der Waals surface area (Å²) in [7, 11) is 1.78. The highest BCUT2D eigenvalue weighted by atomic mass is 32.1. The monoisotopic (exact) mass is 111 g/mol. The summed E-state index contributed by atoms with van der Waals surface area (Å²) in [6, 6.07) is 0. The van der Waals surface area contributed by atoms with Crippen LogP contribution in [0.2, 0.25) is 0 Å². The van der Waals surface area contributed by atoms with Gasteiger partial charge in [-0.1, -0.05) is 5.98 Å². The normalized spacial score (nSPS) is 16.9. The zero-order valence-electron chi connectivity index (χ0n) is 3.64. The topological polar surface area (TPSA) is 24.1 Å². The summed E-state index contributed by atoms with van der Waals surface area (Å²) in [4.78, 5) is 0. The van der Waals surface area contributed by atoms with Crippen molar-refractivity contribution in [2.24, 2.45) is 0 Å². The van der Waals surface area contributed by atoms with E-state index in [0.717, 1.165) is 0 Å².